The van der Waals surface area contributed by atoms with Crippen molar-refractivity contribution in [2.45, 2.75) is 0 Å². The maximum atomic E-state index is 12.9. The Morgan fingerprint density at radius 3 is 2.72 bits per heavy atom. The summed E-state index contributed by atoms with van der Waals surface area (Å²) in [7, 11) is 3.84. The number of nitro groups is 1. The lowest BCUT2D eigenvalue weighted by Gasteiger charge is -2.14. The van der Waals surface area contributed by atoms with Gasteiger partial charge < -0.3 is 20.4 Å². The molecule has 0 amide bonds. The van der Waals surface area contributed by atoms with Crippen LogP contribution in [0.1, 0.15) is 0 Å². The highest BCUT2D eigenvalue weighted by Gasteiger charge is 2.25. The van der Waals surface area contributed by atoms with Crippen molar-refractivity contribution in [3.8, 4) is 0 Å². The summed E-state index contributed by atoms with van der Waals surface area (Å²) in [5.74, 6) is 0. The van der Waals surface area contributed by atoms with Gasteiger partial charge in [-0.15, -0.1) is 0 Å². The van der Waals surface area contributed by atoms with E-state index in [2.05, 4.69) is 5.32 Å². The first-order valence-electron chi connectivity index (χ1n) is 7.71. The van der Waals surface area contributed by atoms with E-state index in [1.807, 2.05) is 19.0 Å². The van der Waals surface area contributed by atoms with E-state index in [0.717, 1.165) is 6.54 Å². The lowest BCUT2D eigenvalue weighted by molar-refractivity contribution is -0.382. The third-order valence-corrected chi connectivity index (χ3v) is 3.91. The Balaban J connectivity index is 2.33. The SMILES string of the molecule is CN(C)CCNc1cc(N)c([N+](=O)[O-])c2oc3ccccc3c(=O)c12. The summed E-state index contributed by atoms with van der Waals surface area (Å²) >= 11 is 0. The van der Waals surface area contributed by atoms with Crippen molar-refractivity contribution < 1.29 is 9.34 Å². The number of nitrogens with zero attached hydrogens (tertiary/aromatic N) is 2. The predicted molar refractivity (Wildman–Crippen MR) is 98.1 cm³/mol. The number of nitrogen functional groups attached to an aromatic ring is 1. The fourth-order valence-corrected chi connectivity index (χ4v) is 2.72. The number of hydrogen-bond donors (Lipinski definition) is 2. The molecule has 0 saturated carbocycles. The Hall–Kier alpha value is -3.13. The molecule has 130 valence electrons. The van der Waals surface area contributed by atoms with Crippen LogP contribution in [-0.2, 0) is 0 Å². The molecule has 0 aliphatic rings. The van der Waals surface area contributed by atoms with E-state index < -0.39 is 10.6 Å². The summed E-state index contributed by atoms with van der Waals surface area (Å²) in [4.78, 5) is 25.7. The van der Waals surface area contributed by atoms with Crippen molar-refractivity contribution in [3.63, 3.8) is 0 Å². The van der Waals surface area contributed by atoms with Crippen molar-refractivity contribution in [3.05, 3.63) is 50.7 Å². The molecular weight excluding hydrogens is 324 g/mol. The molecule has 25 heavy (non-hydrogen) atoms. The Labute approximate surface area is 143 Å². The lowest BCUT2D eigenvalue weighted by Crippen LogP contribution is -2.21. The number of para-hydroxylation sites is 1. The third kappa shape index (κ3) is 2.99. The number of likely N-dealkylation sites (N-methyl/N-ethyl adjacent to an activating group) is 1. The smallest absolute Gasteiger partial charge is 0.335 e. The van der Waals surface area contributed by atoms with E-state index in [-0.39, 0.29) is 27.7 Å². The fourth-order valence-electron chi connectivity index (χ4n) is 2.72. The molecule has 0 spiro atoms. The summed E-state index contributed by atoms with van der Waals surface area (Å²) in [6, 6.07) is 8.07. The van der Waals surface area contributed by atoms with Crippen molar-refractivity contribution in [2.75, 3.05) is 38.2 Å². The second-order valence-corrected chi connectivity index (χ2v) is 5.98. The zero-order chi connectivity index (χ0) is 18.1. The summed E-state index contributed by atoms with van der Waals surface area (Å²) < 4.78 is 5.70. The highest BCUT2D eigenvalue weighted by Crippen LogP contribution is 2.36. The van der Waals surface area contributed by atoms with Gasteiger partial charge in [-0.2, -0.15) is 0 Å². The number of rotatable bonds is 5. The molecule has 0 atom stereocenters. The van der Waals surface area contributed by atoms with E-state index >= 15 is 0 Å². The molecule has 3 aromatic rings. The van der Waals surface area contributed by atoms with Crippen molar-refractivity contribution in [2.24, 2.45) is 0 Å². The molecule has 8 nitrogen and oxygen atoms in total. The highest BCUT2D eigenvalue weighted by atomic mass is 16.6. The Morgan fingerprint density at radius 1 is 1.32 bits per heavy atom. The monoisotopic (exact) mass is 342 g/mol. The third-order valence-electron chi connectivity index (χ3n) is 3.91. The van der Waals surface area contributed by atoms with Gasteiger partial charge in [-0.05, 0) is 32.3 Å². The molecule has 3 N–H and O–H groups in total. The van der Waals surface area contributed by atoms with Gasteiger partial charge in [-0.25, -0.2) is 0 Å². The Morgan fingerprint density at radius 2 is 2.04 bits per heavy atom. The van der Waals surface area contributed by atoms with Gasteiger partial charge in [0.25, 0.3) is 0 Å². The Bertz CT molecular complexity index is 1030. The number of nitro benzene ring substituents is 1. The second kappa shape index (κ2) is 6.40. The number of anilines is 2. The van der Waals surface area contributed by atoms with Crippen LogP contribution >= 0.6 is 0 Å². The van der Waals surface area contributed by atoms with Crippen molar-refractivity contribution in [1.29, 1.82) is 0 Å². The standard InChI is InChI=1S/C17H18N4O4/c1-20(2)8-7-19-12-9-11(18)15(21(23)24)17-14(12)16(22)10-5-3-4-6-13(10)25-17/h3-6,9,19H,7-8,18H2,1-2H3. The van der Waals surface area contributed by atoms with Crippen LogP contribution in [0.2, 0.25) is 0 Å². The minimum absolute atomic E-state index is 0.0525. The van der Waals surface area contributed by atoms with Crippen LogP contribution in [0.3, 0.4) is 0 Å². The molecule has 0 unspecified atom stereocenters. The van der Waals surface area contributed by atoms with E-state index in [1.165, 1.54) is 6.07 Å². The van der Waals surface area contributed by atoms with Gasteiger partial charge in [0.05, 0.1) is 21.4 Å². The number of fused-ring (bicyclic) bond motifs is 2. The van der Waals surface area contributed by atoms with Crippen LogP contribution < -0.4 is 16.5 Å². The highest BCUT2D eigenvalue weighted by molar-refractivity contribution is 6.04. The Kier molecular flexibility index (Phi) is 4.28. The molecule has 0 saturated heterocycles. The molecule has 0 fully saturated rings. The van der Waals surface area contributed by atoms with Gasteiger partial charge in [-0.1, -0.05) is 12.1 Å². The molecular formula is C17H18N4O4. The minimum atomic E-state index is -0.626. The maximum absolute atomic E-state index is 12.9. The topological polar surface area (TPSA) is 115 Å². The van der Waals surface area contributed by atoms with Gasteiger partial charge in [-0.3, -0.25) is 14.9 Å². The van der Waals surface area contributed by atoms with E-state index in [1.54, 1.807) is 24.3 Å². The van der Waals surface area contributed by atoms with Crippen molar-refractivity contribution >= 4 is 39.0 Å². The minimum Gasteiger partial charge on any atom is -0.448 e. The lowest BCUT2D eigenvalue weighted by atomic mass is 10.1. The molecule has 1 aromatic heterocycles. The summed E-state index contributed by atoms with van der Waals surface area (Å²) in [5.41, 5.74) is 5.69. The zero-order valence-corrected chi connectivity index (χ0v) is 13.9. The molecule has 3 rings (SSSR count). The molecule has 8 heteroatoms. The van der Waals surface area contributed by atoms with E-state index in [0.29, 0.717) is 17.6 Å². The molecule has 0 aliphatic carbocycles. The summed E-state index contributed by atoms with van der Waals surface area (Å²) in [6.45, 7) is 1.27. The van der Waals surface area contributed by atoms with Crippen LogP contribution in [0, 0.1) is 10.1 Å². The summed E-state index contributed by atoms with van der Waals surface area (Å²) in [5, 5.41) is 15.1. The molecule has 0 bridgehead atoms. The van der Waals surface area contributed by atoms with E-state index in [4.69, 9.17) is 10.2 Å². The second-order valence-electron chi connectivity index (χ2n) is 5.98. The normalized spacial score (nSPS) is 11.3. The number of hydrogen-bond acceptors (Lipinski definition) is 7. The fraction of sp³-hybridized carbons (Fsp3) is 0.235. The van der Waals surface area contributed by atoms with Gasteiger partial charge in [0.15, 0.2) is 0 Å². The van der Waals surface area contributed by atoms with Crippen LogP contribution in [0.25, 0.3) is 21.9 Å². The number of benzene rings is 2. The average Bonchev–Trinajstić information content (AvgIpc) is 2.53. The quantitative estimate of drug-likeness (QED) is 0.317. The van der Waals surface area contributed by atoms with Crippen LogP contribution in [-0.4, -0.2) is 37.0 Å². The van der Waals surface area contributed by atoms with Crippen molar-refractivity contribution in [1.82, 2.24) is 4.90 Å². The van der Waals surface area contributed by atoms with Gasteiger partial charge in [0.1, 0.15) is 11.3 Å². The molecule has 2 aromatic carbocycles. The average molecular weight is 342 g/mol. The predicted octanol–water partition coefficient (Wildman–Crippen LogP) is 2.41. The molecule has 1 heterocycles. The first-order chi connectivity index (χ1) is 11.9. The first kappa shape index (κ1) is 16.7. The molecule has 0 radical (unpaired) electrons. The van der Waals surface area contributed by atoms with E-state index in [9.17, 15) is 14.9 Å². The summed E-state index contributed by atoms with van der Waals surface area (Å²) in [6.07, 6.45) is 0. The van der Waals surface area contributed by atoms with Crippen LogP contribution in [0.15, 0.2) is 39.5 Å². The van der Waals surface area contributed by atoms with Gasteiger partial charge >= 0.3 is 5.69 Å². The van der Waals surface area contributed by atoms with Crippen LogP contribution in [0.5, 0.6) is 0 Å². The number of nitrogens with two attached hydrogens (primary N) is 1. The molecule has 0 aliphatic heterocycles. The largest absolute Gasteiger partial charge is 0.448 e. The maximum Gasteiger partial charge on any atom is 0.335 e. The first-order valence-corrected chi connectivity index (χ1v) is 7.71. The van der Waals surface area contributed by atoms with Crippen LogP contribution in [0.4, 0.5) is 17.1 Å². The van der Waals surface area contributed by atoms with Gasteiger partial charge in [0.2, 0.25) is 11.0 Å². The van der Waals surface area contributed by atoms with Gasteiger partial charge in [0, 0.05) is 13.1 Å². The zero-order valence-electron chi connectivity index (χ0n) is 13.9. The number of nitrogens with one attached hydrogen (secondary N) is 1.